The Balaban J connectivity index is 0.00000161. The molecule has 2 heterocycles. The molecule has 0 bridgehead atoms. The van der Waals surface area contributed by atoms with Crippen LogP contribution in [0, 0.1) is 5.92 Å². The second-order valence-corrected chi connectivity index (χ2v) is 6.85. The molecule has 1 aliphatic carbocycles. The van der Waals surface area contributed by atoms with Crippen LogP contribution in [-0.2, 0) is 13.0 Å². The molecule has 1 saturated carbocycles. The highest BCUT2D eigenvalue weighted by atomic mass is 127. The monoisotopic (exact) mass is 420 g/mol. The van der Waals surface area contributed by atoms with E-state index in [9.17, 15) is 0 Å². The molecule has 3 N–H and O–H groups in total. The van der Waals surface area contributed by atoms with E-state index in [1.54, 1.807) is 4.88 Å². The average molecular weight is 420 g/mol. The molecule has 6 heteroatoms. The Morgan fingerprint density at radius 2 is 2.33 bits per heavy atom. The minimum atomic E-state index is 0. The molecule has 0 saturated heterocycles. The van der Waals surface area contributed by atoms with Gasteiger partial charge in [-0.3, -0.25) is 9.89 Å². The molecule has 21 heavy (non-hydrogen) atoms. The molecule has 0 amide bonds. The molecule has 1 aromatic rings. The van der Waals surface area contributed by atoms with E-state index in [1.165, 1.54) is 31.2 Å². The highest BCUT2D eigenvalue weighted by Crippen LogP contribution is 2.26. The van der Waals surface area contributed by atoms with Gasteiger partial charge in [-0.15, -0.1) is 35.3 Å². The number of nitrogens with zero attached hydrogens (tertiary/aromatic N) is 2. The van der Waals surface area contributed by atoms with Crippen LogP contribution in [0.3, 0.4) is 0 Å². The summed E-state index contributed by atoms with van der Waals surface area (Å²) in [4.78, 5) is 8.48. The fourth-order valence-corrected chi connectivity index (χ4v) is 3.69. The van der Waals surface area contributed by atoms with Crippen LogP contribution in [0.15, 0.2) is 16.4 Å². The molecule has 1 fully saturated rings. The first kappa shape index (κ1) is 17.0. The summed E-state index contributed by atoms with van der Waals surface area (Å²) < 4.78 is 0. The predicted molar refractivity (Wildman–Crippen MR) is 101 cm³/mol. The van der Waals surface area contributed by atoms with Gasteiger partial charge >= 0.3 is 0 Å². The number of thiophene rings is 1. The van der Waals surface area contributed by atoms with E-state index in [1.807, 2.05) is 11.3 Å². The lowest BCUT2D eigenvalue weighted by atomic mass is 9.86. The van der Waals surface area contributed by atoms with E-state index in [0.717, 1.165) is 38.6 Å². The van der Waals surface area contributed by atoms with Gasteiger partial charge in [-0.2, -0.15) is 0 Å². The van der Waals surface area contributed by atoms with Crippen molar-refractivity contribution >= 4 is 41.3 Å². The quantitative estimate of drug-likeness (QED) is 0.437. The zero-order valence-corrected chi connectivity index (χ0v) is 15.5. The highest BCUT2D eigenvalue weighted by molar-refractivity contribution is 14.0. The van der Waals surface area contributed by atoms with E-state index in [4.69, 9.17) is 5.73 Å². The van der Waals surface area contributed by atoms with Gasteiger partial charge in [0, 0.05) is 37.6 Å². The molecular weight excluding hydrogens is 395 g/mol. The minimum absolute atomic E-state index is 0. The van der Waals surface area contributed by atoms with Crippen molar-refractivity contribution in [3.8, 4) is 0 Å². The van der Waals surface area contributed by atoms with Crippen LogP contribution in [-0.4, -0.2) is 37.0 Å². The number of rotatable bonds is 5. The van der Waals surface area contributed by atoms with Crippen LogP contribution >= 0.6 is 35.3 Å². The molecule has 3 rings (SSSR count). The topological polar surface area (TPSA) is 53.6 Å². The number of guanidine groups is 1. The molecule has 0 radical (unpaired) electrons. The summed E-state index contributed by atoms with van der Waals surface area (Å²) in [5.74, 6) is 1.40. The molecule has 2 aliphatic rings. The number of fused-ring (bicyclic) bond motifs is 1. The number of nitrogens with one attached hydrogen (secondary N) is 1. The van der Waals surface area contributed by atoms with Crippen molar-refractivity contribution in [3.63, 3.8) is 0 Å². The predicted octanol–water partition coefficient (Wildman–Crippen LogP) is 2.43. The molecule has 4 nitrogen and oxygen atoms in total. The molecule has 1 aliphatic heterocycles. The molecular formula is C15H25IN4S. The summed E-state index contributed by atoms with van der Waals surface area (Å²) in [5, 5.41) is 5.45. The molecule has 0 spiro atoms. The zero-order valence-electron chi connectivity index (χ0n) is 12.4. The number of aliphatic imine (C=N–C) groups is 1. The minimum Gasteiger partial charge on any atom is -0.370 e. The van der Waals surface area contributed by atoms with Crippen LogP contribution in [0.1, 0.15) is 29.7 Å². The van der Waals surface area contributed by atoms with Crippen LogP contribution < -0.4 is 11.1 Å². The van der Waals surface area contributed by atoms with Crippen LogP contribution in [0.2, 0.25) is 0 Å². The largest absolute Gasteiger partial charge is 0.370 e. The van der Waals surface area contributed by atoms with Gasteiger partial charge in [-0.1, -0.05) is 6.42 Å². The molecule has 0 aromatic carbocycles. The van der Waals surface area contributed by atoms with Gasteiger partial charge in [0.2, 0.25) is 0 Å². The van der Waals surface area contributed by atoms with Gasteiger partial charge in [-0.05, 0) is 42.2 Å². The van der Waals surface area contributed by atoms with E-state index < -0.39 is 0 Å². The smallest absolute Gasteiger partial charge is 0.188 e. The van der Waals surface area contributed by atoms with Gasteiger partial charge in [0.25, 0.3) is 0 Å². The van der Waals surface area contributed by atoms with Crippen molar-refractivity contribution in [1.29, 1.82) is 0 Å². The number of halogens is 1. The van der Waals surface area contributed by atoms with Crippen LogP contribution in [0.5, 0.6) is 0 Å². The second-order valence-electron chi connectivity index (χ2n) is 5.84. The number of hydrogen-bond acceptors (Lipinski definition) is 3. The maximum atomic E-state index is 5.90. The van der Waals surface area contributed by atoms with Crippen LogP contribution in [0.25, 0.3) is 0 Å². The summed E-state index contributed by atoms with van der Waals surface area (Å²) in [7, 11) is 0. The molecule has 0 atom stereocenters. The standard InChI is InChI=1S/C15H24N4S.HI/c16-15(18-10-12-2-1-3-12)17-6-8-19-7-4-14-13(11-19)5-9-20-14;/h5,9,12H,1-4,6-8,10-11H2,(H3,16,17,18);1H. The third-order valence-corrected chi connectivity index (χ3v) is 5.39. The summed E-state index contributed by atoms with van der Waals surface area (Å²) in [6, 6.07) is 2.26. The van der Waals surface area contributed by atoms with Gasteiger partial charge in [0.05, 0.1) is 0 Å². The van der Waals surface area contributed by atoms with Crippen molar-refractivity contribution in [2.45, 2.75) is 32.2 Å². The third-order valence-electron chi connectivity index (χ3n) is 4.37. The number of hydrogen-bond donors (Lipinski definition) is 2. The van der Waals surface area contributed by atoms with Crippen molar-refractivity contribution in [1.82, 2.24) is 10.2 Å². The summed E-state index contributed by atoms with van der Waals surface area (Å²) in [6.07, 6.45) is 5.21. The first-order valence-corrected chi connectivity index (χ1v) is 8.50. The van der Waals surface area contributed by atoms with Crippen LogP contribution in [0.4, 0.5) is 0 Å². The van der Waals surface area contributed by atoms with Crippen molar-refractivity contribution < 1.29 is 0 Å². The highest BCUT2D eigenvalue weighted by Gasteiger charge is 2.17. The van der Waals surface area contributed by atoms with Gasteiger partial charge < -0.3 is 11.1 Å². The third kappa shape index (κ3) is 4.82. The first-order valence-electron chi connectivity index (χ1n) is 7.62. The second kappa shape index (κ2) is 8.33. The van der Waals surface area contributed by atoms with Crippen molar-refractivity contribution in [2.24, 2.45) is 16.6 Å². The van der Waals surface area contributed by atoms with Crippen molar-refractivity contribution in [3.05, 3.63) is 21.9 Å². The fraction of sp³-hybridized carbons (Fsp3) is 0.667. The van der Waals surface area contributed by atoms with E-state index in [0.29, 0.717) is 5.96 Å². The Morgan fingerprint density at radius 3 is 3.10 bits per heavy atom. The van der Waals surface area contributed by atoms with Gasteiger partial charge in [0.15, 0.2) is 5.96 Å². The summed E-state index contributed by atoms with van der Waals surface area (Å²) in [5.41, 5.74) is 7.41. The van der Waals surface area contributed by atoms with E-state index in [-0.39, 0.29) is 24.0 Å². The zero-order chi connectivity index (χ0) is 13.8. The van der Waals surface area contributed by atoms with Gasteiger partial charge in [0.1, 0.15) is 0 Å². The van der Waals surface area contributed by atoms with E-state index in [2.05, 4.69) is 26.7 Å². The molecule has 0 unspecified atom stereocenters. The Labute approximate surface area is 148 Å². The first-order chi connectivity index (χ1) is 9.81. The Bertz CT molecular complexity index is 470. The van der Waals surface area contributed by atoms with Crippen molar-refractivity contribution in [2.75, 3.05) is 26.2 Å². The molecule has 118 valence electrons. The number of nitrogens with two attached hydrogens (primary N) is 1. The Hall–Kier alpha value is -0.340. The lowest BCUT2D eigenvalue weighted by Gasteiger charge is -2.27. The lowest BCUT2D eigenvalue weighted by Crippen LogP contribution is -2.40. The maximum Gasteiger partial charge on any atom is 0.188 e. The lowest BCUT2D eigenvalue weighted by molar-refractivity contribution is 0.260. The normalized spacial score (nSPS) is 19.5. The maximum absolute atomic E-state index is 5.90. The van der Waals surface area contributed by atoms with Gasteiger partial charge in [-0.25, -0.2) is 0 Å². The SMILES string of the molecule is I.NC(=NCC1CCC1)NCCN1CCc2sccc2C1. The summed E-state index contributed by atoms with van der Waals surface area (Å²) >= 11 is 1.89. The average Bonchev–Trinajstić information content (AvgIpc) is 2.84. The molecule has 1 aromatic heterocycles. The van der Waals surface area contributed by atoms with E-state index >= 15 is 0 Å². The Morgan fingerprint density at radius 1 is 1.48 bits per heavy atom. The Kier molecular flexibility index (Phi) is 6.75. The fourth-order valence-electron chi connectivity index (χ4n) is 2.80. The summed E-state index contributed by atoms with van der Waals surface area (Å²) in [6.45, 7) is 5.07.